The SMILES string of the molecule is C1CCCC1.CC(C)P(=NP(=[N-])(c1ccccc1)c1ccccc1)(C(C)C)C(C)C.[Cl][Ti][Cl]. The third kappa shape index (κ3) is 8.97. The molecular weight excluding hydrogens is 521 g/mol. The van der Waals surface area contributed by atoms with Gasteiger partial charge in [-0.1, -0.05) is 142 Å². The standard InChI is InChI=1S/C21H31N2P2.C5H10.2ClH.Ti/c1-17(2)24(18(3)4,19(5)6)23-25(22,20-13-9-7-10-14-20)21-15-11-8-12-16-21;1-2-4-5-3-1;;;/h7-19H,1-6H3;1-5H2;2*1H;/q-1;;;;+2/p-2. The molecule has 0 aromatic heterocycles. The van der Waals surface area contributed by atoms with Gasteiger partial charge in [0.15, 0.2) is 0 Å². The monoisotopic (exact) mass is 561 g/mol. The van der Waals surface area contributed by atoms with Crippen molar-refractivity contribution in [2.75, 3.05) is 0 Å². The minimum atomic E-state index is -2.78. The quantitative estimate of drug-likeness (QED) is 0.248. The summed E-state index contributed by atoms with van der Waals surface area (Å²) in [6, 6.07) is 20.1. The van der Waals surface area contributed by atoms with Crippen molar-refractivity contribution in [3.63, 3.8) is 0 Å². The fraction of sp³-hybridized carbons (Fsp3) is 0.538. The summed E-state index contributed by atoms with van der Waals surface area (Å²) < 4.78 is 5.46. The van der Waals surface area contributed by atoms with Crippen LogP contribution in [0, 0.1) is 0 Å². The van der Waals surface area contributed by atoms with E-state index in [0.717, 1.165) is 10.6 Å². The average Bonchev–Trinajstić information content (AvgIpc) is 3.39. The molecule has 184 valence electrons. The van der Waals surface area contributed by atoms with E-state index in [-0.39, 0.29) is 0 Å². The number of benzene rings is 2. The average molecular weight is 562 g/mol. The number of hydrogen-bond acceptors (Lipinski definition) is 0. The molecule has 1 fully saturated rings. The second kappa shape index (κ2) is 16.0. The van der Waals surface area contributed by atoms with Crippen LogP contribution in [0.4, 0.5) is 0 Å². The van der Waals surface area contributed by atoms with Crippen LogP contribution in [-0.2, 0) is 17.0 Å². The van der Waals surface area contributed by atoms with E-state index in [9.17, 15) is 5.16 Å². The molecule has 2 nitrogen and oxygen atoms in total. The summed E-state index contributed by atoms with van der Waals surface area (Å²) in [5.41, 5.74) is 1.35. The molecule has 1 aliphatic rings. The van der Waals surface area contributed by atoms with Crippen LogP contribution in [0.25, 0.3) is 5.16 Å². The molecule has 0 bridgehead atoms. The first-order valence-electron chi connectivity index (χ1n) is 12.0. The molecule has 0 unspecified atom stereocenters. The molecule has 0 N–H and O–H groups in total. The summed E-state index contributed by atoms with van der Waals surface area (Å²) >= 11 is -0.556. The molecule has 0 amide bonds. The van der Waals surface area contributed by atoms with Gasteiger partial charge in [0.2, 0.25) is 0 Å². The van der Waals surface area contributed by atoms with Crippen LogP contribution in [0.5, 0.6) is 0 Å². The molecule has 33 heavy (non-hydrogen) atoms. The molecular formula is C26H41Cl2N2P2Ti-. The fourth-order valence-corrected chi connectivity index (χ4v) is 14.9. The second-order valence-corrected chi connectivity index (χ2v) is 19.5. The van der Waals surface area contributed by atoms with E-state index in [0.29, 0.717) is 17.0 Å². The van der Waals surface area contributed by atoms with Crippen LogP contribution in [0.2, 0.25) is 0 Å². The van der Waals surface area contributed by atoms with Crippen molar-refractivity contribution < 1.29 is 17.0 Å². The normalized spacial score (nSPS) is 13.8. The molecule has 2 aromatic carbocycles. The topological polar surface area (TPSA) is 34.7 Å². The van der Waals surface area contributed by atoms with Crippen molar-refractivity contribution in [1.82, 2.24) is 0 Å². The van der Waals surface area contributed by atoms with E-state index in [1.807, 2.05) is 60.7 Å². The van der Waals surface area contributed by atoms with Crippen LogP contribution >= 0.6 is 32.9 Å². The van der Waals surface area contributed by atoms with Crippen LogP contribution in [-0.4, -0.2) is 17.0 Å². The van der Waals surface area contributed by atoms with Crippen molar-refractivity contribution in [3.8, 4) is 0 Å². The van der Waals surface area contributed by atoms with E-state index < -0.39 is 31.3 Å². The van der Waals surface area contributed by atoms with Crippen LogP contribution in [0.15, 0.2) is 65.2 Å². The van der Waals surface area contributed by atoms with Crippen molar-refractivity contribution in [3.05, 3.63) is 65.8 Å². The van der Waals surface area contributed by atoms with Crippen molar-refractivity contribution in [1.29, 1.82) is 0 Å². The predicted molar refractivity (Wildman–Crippen MR) is 152 cm³/mol. The summed E-state index contributed by atoms with van der Waals surface area (Å²) in [7, 11) is 5.25. The van der Waals surface area contributed by atoms with Gasteiger partial charge in [-0.2, -0.15) is 0 Å². The van der Waals surface area contributed by atoms with Gasteiger partial charge in [-0.25, -0.2) is 0 Å². The van der Waals surface area contributed by atoms with Crippen LogP contribution in [0.1, 0.15) is 73.6 Å². The minimum absolute atomic E-state index is 0.450. The zero-order valence-corrected chi connectivity index (χ0v) is 25.9. The first-order chi connectivity index (χ1) is 15.7. The molecule has 0 atom stereocenters. The number of nitrogens with zero attached hydrogens (tertiary/aromatic N) is 2. The van der Waals surface area contributed by atoms with Gasteiger partial charge in [0, 0.05) is 0 Å². The van der Waals surface area contributed by atoms with Crippen molar-refractivity contribution in [2.45, 2.75) is 90.6 Å². The number of rotatable bonds is 6. The molecule has 0 spiro atoms. The Kier molecular flexibility index (Phi) is 15.2. The number of hydrogen-bond donors (Lipinski definition) is 0. The summed E-state index contributed by atoms with van der Waals surface area (Å²) in [5.74, 6) is 0. The maximum atomic E-state index is 12.0. The van der Waals surface area contributed by atoms with Gasteiger partial charge in [-0.3, -0.25) is 4.52 Å². The molecule has 7 heteroatoms. The van der Waals surface area contributed by atoms with E-state index in [4.69, 9.17) is 23.1 Å². The zero-order chi connectivity index (χ0) is 24.9. The Morgan fingerprint density at radius 1 is 0.667 bits per heavy atom. The zero-order valence-electron chi connectivity index (χ0n) is 21.1. The summed E-state index contributed by atoms with van der Waals surface area (Å²) in [6.45, 7) is 13.7. The Balaban J connectivity index is 0.000000577. The fourth-order valence-electron chi connectivity index (χ4n) is 4.73. The van der Waals surface area contributed by atoms with E-state index in [2.05, 4.69) is 41.5 Å². The van der Waals surface area contributed by atoms with Crippen LogP contribution < -0.4 is 10.6 Å². The summed E-state index contributed by atoms with van der Waals surface area (Å²) in [5, 5.41) is 13.9. The van der Waals surface area contributed by atoms with Crippen molar-refractivity contribution in [2.24, 2.45) is 4.52 Å². The molecule has 0 aliphatic heterocycles. The first kappa shape index (κ1) is 31.2. The van der Waals surface area contributed by atoms with Gasteiger partial charge in [0.1, 0.15) is 0 Å². The third-order valence-electron chi connectivity index (χ3n) is 6.25. The molecule has 0 saturated heterocycles. The van der Waals surface area contributed by atoms with E-state index in [1.165, 1.54) is 32.1 Å². The van der Waals surface area contributed by atoms with Crippen LogP contribution in [0.3, 0.4) is 0 Å². The molecule has 3 rings (SSSR count). The van der Waals surface area contributed by atoms with E-state index in [1.54, 1.807) is 0 Å². The van der Waals surface area contributed by atoms with Gasteiger partial charge >= 0.3 is 35.6 Å². The Hall–Kier alpha value is 0.194. The van der Waals surface area contributed by atoms with Gasteiger partial charge in [-0.05, 0) is 34.6 Å². The molecule has 1 aliphatic carbocycles. The summed E-state index contributed by atoms with van der Waals surface area (Å²) in [6.07, 6.45) is 7.50. The van der Waals surface area contributed by atoms with Crippen molar-refractivity contribution >= 4 is 43.5 Å². The Morgan fingerprint density at radius 3 is 1.18 bits per heavy atom. The second-order valence-electron chi connectivity index (χ2n) is 9.28. The van der Waals surface area contributed by atoms with Gasteiger partial charge < -0.3 is 5.16 Å². The molecule has 0 radical (unpaired) electrons. The van der Waals surface area contributed by atoms with Gasteiger partial charge in [0.05, 0.1) is 0 Å². The Labute approximate surface area is 220 Å². The maximum absolute atomic E-state index is 12.0. The van der Waals surface area contributed by atoms with Gasteiger partial charge in [0.25, 0.3) is 0 Å². The molecule has 0 heterocycles. The summed E-state index contributed by atoms with van der Waals surface area (Å²) in [4.78, 5) is 0. The molecule has 1 saturated carbocycles. The van der Waals surface area contributed by atoms with Gasteiger partial charge in [-0.15, -0.1) is 0 Å². The Morgan fingerprint density at radius 2 is 0.939 bits per heavy atom. The van der Waals surface area contributed by atoms with E-state index >= 15 is 0 Å². The Bertz CT molecular complexity index is 804. The molecule has 2 aromatic rings. The first-order valence-corrected chi connectivity index (χ1v) is 19.9. The number of halogens is 2. The predicted octanol–water partition coefficient (Wildman–Crippen LogP) is 10.1. The third-order valence-corrected chi connectivity index (χ3v) is 15.5.